The minimum absolute atomic E-state index is 0.668. The van der Waals surface area contributed by atoms with E-state index in [0.29, 0.717) is 6.54 Å². The molecule has 90 valence electrons. The summed E-state index contributed by atoms with van der Waals surface area (Å²) in [5.74, 6) is 0. The second-order valence-electron chi connectivity index (χ2n) is 3.92. The quantitative estimate of drug-likeness (QED) is 0.819. The molecule has 1 aromatic heterocycles. The maximum absolute atomic E-state index is 4.88. The Kier molecular flexibility index (Phi) is 3.56. The van der Waals surface area contributed by atoms with Gasteiger partial charge in [0.05, 0.1) is 18.5 Å². The van der Waals surface area contributed by atoms with Crippen LogP contribution in [0, 0.1) is 13.8 Å². The van der Waals surface area contributed by atoms with Gasteiger partial charge in [-0.3, -0.25) is 0 Å². The lowest BCUT2D eigenvalue weighted by molar-refractivity contribution is 0.0864. The van der Waals surface area contributed by atoms with Gasteiger partial charge in [0.15, 0.2) is 0 Å². The first-order valence-electron chi connectivity index (χ1n) is 5.60. The van der Waals surface area contributed by atoms with E-state index in [9.17, 15) is 0 Å². The van der Waals surface area contributed by atoms with Gasteiger partial charge in [-0.05, 0) is 26.0 Å². The zero-order valence-corrected chi connectivity index (χ0v) is 10.4. The van der Waals surface area contributed by atoms with E-state index >= 15 is 0 Å². The Balaban J connectivity index is 2.37. The molecule has 0 atom stereocenters. The van der Waals surface area contributed by atoms with Crippen LogP contribution in [0.25, 0.3) is 5.69 Å². The SMILES string of the molecule is CONCc1c(C)nn(-c2ccccc2)c1C. The molecular formula is C13H17N3O. The highest BCUT2D eigenvalue weighted by atomic mass is 16.6. The van der Waals surface area contributed by atoms with Gasteiger partial charge < -0.3 is 4.84 Å². The van der Waals surface area contributed by atoms with E-state index in [1.54, 1.807) is 7.11 Å². The van der Waals surface area contributed by atoms with Crippen LogP contribution in [0.15, 0.2) is 30.3 Å². The van der Waals surface area contributed by atoms with Crippen molar-refractivity contribution in [3.05, 3.63) is 47.3 Å². The van der Waals surface area contributed by atoms with E-state index in [2.05, 4.69) is 17.5 Å². The van der Waals surface area contributed by atoms with Crippen molar-refractivity contribution in [2.45, 2.75) is 20.4 Å². The van der Waals surface area contributed by atoms with Gasteiger partial charge in [-0.25, -0.2) is 4.68 Å². The van der Waals surface area contributed by atoms with Crippen LogP contribution in [-0.2, 0) is 11.4 Å². The third-order valence-electron chi connectivity index (χ3n) is 2.84. The summed E-state index contributed by atoms with van der Waals surface area (Å²) in [6.07, 6.45) is 0. The van der Waals surface area contributed by atoms with Crippen LogP contribution in [0.3, 0.4) is 0 Å². The number of aryl methyl sites for hydroxylation is 1. The van der Waals surface area contributed by atoms with E-state index in [-0.39, 0.29) is 0 Å². The Morgan fingerprint density at radius 1 is 1.24 bits per heavy atom. The summed E-state index contributed by atoms with van der Waals surface area (Å²) < 4.78 is 1.96. The molecule has 0 aliphatic heterocycles. The molecule has 1 N–H and O–H groups in total. The van der Waals surface area contributed by atoms with Gasteiger partial charge in [0.2, 0.25) is 0 Å². The first-order valence-corrected chi connectivity index (χ1v) is 5.60. The molecular weight excluding hydrogens is 214 g/mol. The molecule has 4 heteroatoms. The minimum Gasteiger partial charge on any atom is -0.305 e. The summed E-state index contributed by atoms with van der Waals surface area (Å²) in [7, 11) is 1.62. The van der Waals surface area contributed by atoms with Gasteiger partial charge in [0.1, 0.15) is 0 Å². The fraction of sp³-hybridized carbons (Fsp3) is 0.308. The van der Waals surface area contributed by atoms with Crippen molar-refractivity contribution in [3.63, 3.8) is 0 Å². The first-order chi connectivity index (χ1) is 8.24. The topological polar surface area (TPSA) is 39.1 Å². The Hall–Kier alpha value is -1.65. The van der Waals surface area contributed by atoms with Crippen LogP contribution < -0.4 is 5.48 Å². The molecule has 4 nitrogen and oxygen atoms in total. The molecule has 0 amide bonds. The summed E-state index contributed by atoms with van der Waals surface area (Å²) in [6.45, 7) is 4.75. The summed E-state index contributed by atoms with van der Waals surface area (Å²) in [6, 6.07) is 10.1. The molecule has 0 spiro atoms. The molecule has 2 rings (SSSR count). The van der Waals surface area contributed by atoms with Crippen LogP contribution >= 0.6 is 0 Å². The second-order valence-corrected chi connectivity index (χ2v) is 3.92. The highest BCUT2D eigenvalue weighted by Crippen LogP contribution is 2.17. The van der Waals surface area contributed by atoms with E-state index < -0.39 is 0 Å². The van der Waals surface area contributed by atoms with Crippen LogP contribution in [0.4, 0.5) is 0 Å². The van der Waals surface area contributed by atoms with Crippen LogP contribution in [-0.4, -0.2) is 16.9 Å². The van der Waals surface area contributed by atoms with Gasteiger partial charge in [0, 0.05) is 17.8 Å². The number of nitrogens with zero attached hydrogens (tertiary/aromatic N) is 2. The summed E-state index contributed by atoms with van der Waals surface area (Å²) in [4.78, 5) is 4.88. The van der Waals surface area contributed by atoms with E-state index in [1.165, 1.54) is 5.56 Å². The van der Waals surface area contributed by atoms with Gasteiger partial charge >= 0.3 is 0 Å². The van der Waals surface area contributed by atoms with Crippen LogP contribution in [0.1, 0.15) is 17.0 Å². The molecule has 0 saturated heterocycles. The van der Waals surface area contributed by atoms with Crippen molar-refractivity contribution in [3.8, 4) is 5.69 Å². The fourth-order valence-corrected chi connectivity index (χ4v) is 1.90. The van der Waals surface area contributed by atoms with Crippen LogP contribution in [0.2, 0.25) is 0 Å². The molecule has 0 aliphatic carbocycles. The molecule has 2 aromatic rings. The van der Waals surface area contributed by atoms with E-state index in [0.717, 1.165) is 17.1 Å². The normalized spacial score (nSPS) is 10.8. The fourth-order valence-electron chi connectivity index (χ4n) is 1.90. The second kappa shape index (κ2) is 5.12. The monoisotopic (exact) mass is 231 g/mol. The van der Waals surface area contributed by atoms with Gasteiger partial charge in [-0.1, -0.05) is 18.2 Å². The number of aromatic nitrogens is 2. The van der Waals surface area contributed by atoms with E-state index in [4.69, 9.17) is 4.84 Å². The predicted molar refractivity (Wildman–Crippen MR) is 66.9 cm³/mol. The number of rotatable bonds is 4. The molecule has 17 heavy (non-hydrogen) atoms. The summed E-state index contributed by atoms with van der Waals surface area (Å²) in [5.41, 5.74) is 7.28. The average Bonchev–Trinajstić information content (AvgIpc) is 2.64. The van der Waals surface area contributed by atoms with Crippen LogP contribution in [0.5, 0.6) is 0 Å². The maximum atomic E-state index is 4.88. The highest BCUT2D eigenvalue weighted by molar-refractivity contribution is 5.36. The zero-order chi connectivity index (χ0) is 12.3. The number of hydroxylamine groups is 1. The molecule has 1 heterocycles. The Morgan fingerprint density at radius 3 is 2.59 bits per heavy atom. The highest BCUT2D eigenvalue weighted by Gasteiger charge is 2.11. The molecule has 0 unspecified atom stereocenters. The molecule has 1 aromatic carbocycles. The standard InChI is InChI=1S/C13H17N3O/c1-10-13(9-14-17-3)11(2)16(15-10)12-7-5-4-6-8-12/h4-8,14H,9H2,1-3H3. The number of nitrogens with one attached hydrogen (secondary N) is 1. The molecule has 0 radical (unpaired) electrons. The molecule has 0 saturated carbocycles. The molecule has 0 fully saturated rings. The van der Waals surface area contributed by atoms with E-state index in [1.807, 2.05) is 41.9 Å². The average molecular weight is 231 g/mol. The lowest BCUT2D eigenvalue weighted by Gasteiger charge is -2.05. The van der Waals surface area contributed by atoms with Crippen molar-refractivity contribution in [1.29, 1.82) is 0 Å². The summed E-state index contributed by atoms with van der Waals surface area (Å²) >= 11 is 0. The van der Waals surface area contributed by atoms with Gasteiger partial charge in [0.25, 0.3) is 0 Å². The van der Waals surface area contributed by atoms with Crippen molar-refractivity contribution in [1.82, 2.24) is 15.3 Å². The van der Waals surface area contributed by atoms with Gasteiger partial charge in [-0.2, -0.15) is 10.6 Å². The Morgan fingerprint density at radius 2 is 1.94 bits per heavy atom. The number of hydrogen-bond donors (Lipinski definition) is 1. The third-order valence-corrected chi connectivity index (χ3v) is 2.84. The van der Waals surface area contributed by atoms with Crippen molar-refractivity contribution in [2.24, 2.45) is 0 Å². The van der Waals surface area contributed by atoms with Crippen molar-refractivity contribution < 1.29 is 4.84 Å². The Bertz CT molecular complexity index is 491. The summed E-state index contributed by atoms with van der Waals surface area (Å²) in [5, 5.41) is 4.55. The molecule has 0 aliphatic rings. The largest absolute Gasteiger partial charge is 0.305 e. The smallest absolute Gasteiger partial charge is 0.0648 e. The lowest BCUT2D eigenvalue weighted by atomic mass is 10.2. The lowest BCUT2D eigenvalue weighted by Crippen LogP contribution is -2.12. The predicted octanol–water partition coefficient (Wildman–Crippen LogP) is 2.14. The van der Waals surface area contributed by atoms with Crippen molar-refractivity contribution in [2.75, 3.05) is 7.11 Å². The minimum atomic E-state index is 0.668. The zero-order valence-electron chi connectivity index (χ0n) is 10.4. The maximum Gasteiger partial charge on any atom is 0.0648 e. The van der Waals surface area contributed by atoms with Crippen molar-refractivity contribution >= 4 is 0 Å². The Labute approximate surface area is 101 Å². The first kappa shape index (κ1) is 11.8. The number of hydrogen-bond acceptors (Lipinski definition) is 3. The third kappa shape index (κ3) is 2.38. The molecule has 0 bridgehead atoms. The van der Waals surface area contributed by atoms with Gasteiger partial charge in [-0.15, -0.1) is 0 Å². The number of benzene rings is 1. The number of para-hydroxylation sites is 1.